The van der Waals surface area contributed by atoms with E-state index in [9.17, 15) is 9.90 Å². The molecule has 0 bridgehead atoms. The maximum absolute atomic E-state index is 12.3. The summed E-state index contributed by atoms with van der Waals surface area (Å²) in [7, 11) is 0. The summed E-state index contributed by atoms with van der Waals surface area (Å²) in [6, 6.07) is 8.20. The first kappa shape index (κ1) is 18.2. The minimum atomic E-state index is 0.0917. The number of amides is 1. The van der Waals surface area contributed by atoms with Crippen LogP contribution in [0.2, 0.25) is 0 Å². The third kappa shape index (κ3) is 5.68. The molecule has 2 aliphatic rings. The number of piperidine rings is 1. The highest BCUT2D eigenvalue weighted by Gasteiger charge is 2.18. The zero-order chi connectivity index (χ0) is 17.5. The normalized spacial score (nSPS) is 19.5. The second-order valence-corrected chi connectivity index (χ2v) is 7.44. The monoisotopic (exact) mass is 342 g/mol. The molecule has 4 nitrogen and oxygen atoms in total. The van der Waals surface area contributed by atoms with E-state index in [2.05, 4.69) is 28.4 Å². The number of aliphatic hydroxyl groups excluding tert-OH is 1. The van der Waals surface area contributed by atoms with E-state index >= 15 is 0 Å². The van der Waals surface area contributed by atoms with Gasteiger partial charge in [-0.15, -0.1) is 0 Å². The summed E-state index contributed by atoms with van der Waals surface area (Å²) in [6.07, 6.45) is 9.55. The molecule has 1 aromatic rings. The Kier molecular flexibility index (Phi) is 6.65. The Morgan fingerprint density at radius 3 is 2.80 bits per heavy atom. The van der Waals surface area contributed by atoms with Gasteiger partial charge in [0.1, 0.15) is 0 Å². The number of allylic oxidation sites excluding steroid dienone is 1. The van der Waals surface area contributed by atoms with Crippen LogP contribution in [0.5, 0.6) is 0 Å². The lowest BCUT2D eigenvalue weighted by atomic mass is 9.97. The molecule has 0 unspecified atom stereocenters. The molecule has 4 heteroatoms. The Hall–Kier alpha value is -1.65. The lowest BCUT2D eigenvalue weighted by Crippen LogP contribution is -2.34. The summed E-state index contributed by atoms with van der Waals surface area (Å²) in [5.74, 6) is 0.560. The minimum Gasteiger partial charge on any atom is -0.396 e. The molecule has 3 rings (SSSR count). The van der Waals surface area contributed by atoms with Crippen molar-refractivity contribution in [3.8, 4) is 0 Å². The molecule has 1 fully saturated rings. The van der Waals surface area contributed by atoms with E-state index < -0.39 is 0 Å². The van der Waals surface area contributed by atoms with Crippen LogP contribution in [-0.4, -0.2) is 35.6 Å². The molecule has 1 aliphatic carbocycles. The number of aliphatic hydroxyl groups is 1. The fraction of sp³-hybridized carbons (Fsp3) is 0.571. The number of nitrogens with zero attached hydrogens (tertiary/aromatic N) is 1. The molecule has 1 saturated heterocycles. The van der Waals surface area contributed by atoms with Crippen LogP contribution in [0.4, 0.5) is 5.69 Å². The van der Waals surface area contributed by atoms with Crippen LogP contribution < -0.4 is 5.32 Å². The third-order valence-electron chi connectivity index (χ3n) is 5.35. The van der Waals surface area contributed by atoms with Gasteiger partial charge >= 0.3 is 0 Å². The van der Waals surface area contributed by atoms with Crippen molar-refractivity contribution in [1.29, 1.82) is 0 Å². The molecular weight excluding hydrogens is 312 g/mol. The van der Waals surface area contributed by atoms with Gasteiger partial charge in [-0.2, -0.15) is 0 Å². The predicted octanol–water partition coefficient (Wildman–Crippen LogP) is 3.72. The lowest BCUT2D eigenvalue weighted by Gasteiger charge is -2.31. The van der Waals surface area contributed by atoms with Crippen molar-refractivity contribution in [3.63, 3.8) is 0 Å². The standard InChI is InChI=1S/C21H30N2O2/c24-16-18-9-11-23(12-10-18)15-19-7-4-8-20(13-19)22-21(25)14-17-5-2-1-3-6-17/h4-5,7-8,13,18,24H,1-3,6,9-12,14-16H2,(H,22,25). The van der Waals surface area contributed by atoms with Gasteiger partial charge in [0, 0.05) is 25.3 Å². The van der Waals surface area contributed by atoms with E-state index in [1.807, 2.05) is 12.1 Å². The van der Waals surface area contributed by atoms with Crippen molar-refractivity contribution in [3.05, 3.63) is 41.5 Å². The van der Waals surface area contributed by atoms with E-state index in [0.29, 0.717) is 18.9 Å². The molecule has 1 aliphatic heterocycles. The largest absolute Gasteiger partial charge is 0.396 e. The van der Waals surface area contributed by atoms with Gasteiger partial charge in [-0.25, -0.2) is 0 Å². The molecule has 2 N–H and O–H groups in total. The predicted molar refractivity (Wildman–Crippen MR) is 101 cm³/mol. The topological polar surface area (TPSA) is 52.6 Å². The summed E-state index contributed by atoms with van der Waals surface area (Å²) in [4.78, 5) is 14.7. The fourth-order valence-corrected chi connectivity index (χ4v) is 3.81. The number of carbonyl (C=O) groups is 1. The Morgan fingerprint density at radius 1 is 1.24 bits per heavy atom. The number of rotatable bonds is 6. The van der Waals surface area contributed by atoms with Gasteiger partial charge < -0.3 is 10.4 Å². The zero-order valence-corrected chi connectivity index (χ0v) is 15.0. The van der Waals surface area contributed by atoms with Crippen molar-refractivity contribution in [2.45, 2.75) is 51.5 Å². The van der Waals surface area contributed by atoms with Crippen LogP contribution in [0, 0.1) is 5.92 Å². The van der Waals surface area contributed by atoms with Gasteiger partial charge in [-0.1, -0.05) is 23.8 Å². The smallest absolute Gasteiger partial charge is 0.228 e. The van der Waals surface area contributed by atoms with E-state index in [0.717, 1.165) is 51.0 Å². The van der Waals surface area contributed by atoms with Gasteiger partial charge in [0.25, 0.3) is 0 Å². The van der Waals surface area contributed by atoms with Crippen molar-refractivity contribution >= 4 is 11.6 Å². The molecule has 0 saturated carbocycles. The molecule has 136 valence electrons. The van der Waals surface area contributed by atoms with Gasteiger partial charge in [0.15, 0.2) is 0 Å². The molecule has 0 aromatic heterocycles. The molecule has 1 heterocycles. The maximum Gasteiger partial charge on any atom is 0.228 e. The first-order valence-electron chi connectivity index (χ1n) is 9.63. The van der Waals surface area contributed by atoms with Crippen molar-refractivity contribution in [2.24, 2.45) is 5.92 Å². The van der Waals surface area contributed by atoms with Crippen LogP contribution in [0.3, 0.4) is 0 Å². The number of nitrogens with one attached hydrogen (secondary N) is 1. The van der Waals surface area contributed by atoms with Crippen LogP contribution in [0.25, 0.3) is 0 Å². The second-order valence-electron chi connectivity index (χ2n) is 7.44. The molecule has 1 aromatic carbocycles. The highest BCUT2D eigenvalue weighted by atomic mass is 16.3. The van der Waals surface area contributed by atoms with Gasteiger partial charge in [0.2, 0.25) is 5.91 Å². The van der Waals surface area contributed by atoms with E-state index in [1.165, 1.54) is 24.0 Å². The highest BCUT2D eigenvalue weighted by molar-refractivity contribution is 5.92. The first-order chi connectivity index (χ1) is 12.2. The van der Waals surface area contributed by atoms with E-state index in [4.69, 9.17) is 0 Å². The Balaban J connectivity index is 1.51. The van der Waals surface area contributed by atoms with Crippen LogP contribution in [0.1, 0.15) is 50.5 Å². The summed E-state index contributed by atoms with van der Waals surface area (Å²) < 4.78 is 0. The van der Waals surface area contributed by atoms with Crippen molar-refractivity contribution in [1.82, 2.24) is 4.90 Å². The average Bonchev–Trinajstić information content (AvgIpc) is 2.63. The summed E-state index contributed by atoms with van der Waals surface area (Å²) in [5.41, 5.74) is 3.41. The molecule has 1 amide bonds. The minimum absolute atomic E-state index is 0.0917. The average molecular weight is 342 g/mol. The van der Waals surface area contributed by atoms with Crippen LogP contribution in [-0.2, 0) is 11.3 Å². The van der Waals surface area contributed by atoms with Crippen molar-refractivity contribution < 1.29 is 9.90 Å². The molecule has 25 heavy (non-hydrogen) atoms. The Labute approximate surface area is 150 Å². The van der Waals surface area contributed by atoms with Gasteiger partial charge in [-0.05, 0) is 75.2 Å². The number of likely N-dealkylation sites (tertiary alicyclic amines) is 1. The summed E-state index contributed by atoms with van der Waals surface area (Å²) in [5, 5.41) is 12.3. The number of anilines is 1. The van der Waals surface area contributed by atoms with Gasteiger partial charge in [-0.3, -0.25) is 9.69 Å². The Morgan fingerprint density at radius 2 is 2.08 bits per heavy atom. The Bertz CT molecular complexity index is 604. The lowest BCUT2D eigenvalue weighted by molar-refractivity contribution is -0.115. The third-order valence-corrected chi connectivity index (χ3v) is 5.35. The molecule has 0 radical (unpaired) electrons. The van der Waals surface area contributed by atoms with Crippen molar-refractivity contribution in [2.75, 3.05) is 25.0 Å². The number of benzene rings is 1. The van der Waals surface area contributed by atoms with Gasteiger partial charge in [0.05, 0.1) is 0 Å². The number of hydrogen-bond acceptors (Lipinski definition) is 3. The molecular formula is C21H30N2O2. The quantitative estimate of drug-likeness (QED) is 0.775. The first-order valence-corrected chi connectivity index (χ1v) is 9.63. The number of hydrogen-bond donors (Lipinski definition) is 2. The zero-order valence-electron chi connectivity index (χ0n) is 15.0. The molecule has 0 atom stereocenters. The summed E-state index contributed by atoms with van der Waals surface area (Å²) >= 11 is 0. The van der Waals surface area contributed by atoms with E-state index in [1.54, 1.807) is 0 Å². The van der Waals surface area contributed by atoms with E-state index in [-0.39, 0.29) is 5.91 Å². The van der Waals surface area contributed by atoms with Crippen LogP contribution >= 0.6 is 0 Å². The number of carbonyl (C=O) groups excluding carboxylic acids is 1. The summed E-state index contributed by atoms with van der Waals surface area (Å²) in [6.45, 7) is 3.30. The highest BCUT2D eigenvalue weighted by Crippen LogP contribution is 2.22. The fourth-order valence-electron chi connectivity index (χ4n) is 3.81. The molecule has 0 spiro atoms. The second kappa shape index (κ2) is 9.16. The maximum atomic E-state index is 12.3. The van der Waals surface area contributed by atoms with Crippen LogP contribution in [0.15, 0.2) is 35.9 Å². The SMILES string of the molecule is O=C(CC1=CCCCC1)Nc1cccc(CN2CCC(CO)CC2)c1.